The van der Waals surface area contributed by atoms with E-state index in [1.165, 1.54) is 5.56 Å². The van der Waals surface area contributed by atoms with Crippen molar-refractivity contribution in [2.24, 2.45) is 5.41 Å². The van der Waals surface area contributed by atoms with Crippen molar-refractivity contribution in [3.8, 4) is 0 Å². The second kappa shape index (κ2) is 3.97. The molecule has 1 aromatic rings. The lowest BCUT2D eigenvalue weighted by molar-refractivity contribution is 0.359. The maximum atomic E-state index is 5.03. The number of hydrogen-bond donors (Lipinski definition) is 1. The highest BCUT2D eigenvalue weighted by Crippen LogP contribution is 2.16. The standard InChI is InChI=1S/C11H19NO/c1-9(10-5-6-13-7-10)12-8-11(2,3)4/h5-7,9,12H,8H2,1-4H3. The lowest BCUT2D eigenvalue weighted by Gasteiger charge is -2.21. The first-order valence-corrected chi connectivity index (χ1v) is 4.74. The lowest BCUT2D eigenvalue weighted by atomic mass is 9.96. The van der Waals surface area contributed by atoms with Crippen LogP contribution in [0.25, 0.3) is 0 Å². The number of rotatable bonds is 3. The molecule has 13 heavy (non-hydrogen) atoms. The molecule has 1 atom stereocenters. The van der Waals surface area contributed by atoms with Crippen LogP contribution < -0.4 is 5.32 Å². The topological polar surface area (TPSA) is 25.2 Å². The van der Waals surface area contributed by atoms with E-state index in [0.29, 0.717) is 11.5 Å². The van der Waals surface area contributed by atoms with Gasteiger partial charge in [-0.05, 0) is 18.4 Å². The Bertz CT molecular complexity index is 233. The van der Waals surface area contributed by atoms with Crippen LogP contribution in [0, 0.1) is 5.41 Å². The Morgan fingerprint density at radius 3 is 2.62 bits per heavy atom. The molecule has 2 heteroatoms. The first-order valence-electron chi connectivity index (χ1n) is 4.74. The predicted molar refractivity (Wildman–Crippen MR) is 54.6 cm³/mol. The molecule has 0 aromatic carbocycles. The third kappa shape index (κ3) is 3.64. The summed E-state index contributed by atoms with van der Waals surface area (Å²) in [5, 5.41) is 3.46. The van der Waals surface area contributed by atoms with E-state index in [1.54, 1.807) is 12.5 Å². The highest BCUT2D eigenvalue weighted by atomic mass is 16.3. The Morgan fingerprint density at radius 2 is 2.15 bits per heavy atom. The second-order valence-corrected chi connectivity index (χ2v) is 4.72. The van der Waals surface area contributed by atoms with Crippen LogP contribution >= 0.6 is 0 Å². The molecule has 0 saturated carbocycles. The van der Waals surface area contributed by atoms with Crippen molar-refractivity contribution in [1.29, 1.82) is 0 Å². The van der Waals surface area contributed by atoms with Gasteiger partial charge in [-0.3, -0.25) is 0 Å². The fourth-order valence-electron chi connectivity index (χ4n) is 1.10. The molecule has 1 aromatic heterocycles. The van der Waals surface area contributed by atoms with Gasteiger partial charge in [0.2, 0.25) is 0 Å². The summed E-state index contributed by atoms with van der Waals surface area (Å²) in [5.41, 5.74) is 1.54. The third-order valence-electron chi connectivity index (χ3n) is 1.98. The van der Waals surface area contributed by atoms with Gasteiger partial charge in [0.25, 0.3) is 0 Å². The molecule has 0 amide bonds. The molecular weight excluding hydrogens is 162 g/mol. The molecule has 1 unspecified atom stereocenters. The van der Waals surface area contributed by atoms with Crippen LogP contribution in [0.1, 0.15) is 39.3 Å². The van der Waals surface area contributed by atoms with Gasteiger partial charge in [-0.1, -0.05) is 20.8 Å². The monoisotopic (exact) mass is 181 g/mol. The van der Waals surface area contributed by atoms with Crippen LogP contribution in [0.3, 0.4) is 0 Å². The predicted octanol–water partition coefficient (Wildman–Crippen LogP) is 2.98. The van der Waals surface area contributed by atoms with E-state index in [9.17, 15) is 0 Å². The second-order valence-electron chi connectivity index (χ2n) is 4.72. The van der Waals surface area contributed by atoms with Crippen molar-refractivity contribution < 1.29 is 4.42 Å². The molecule has 0 spiro atoms. The molecular formula is C11H19NO. The zero-order valence-electron chi connectivity index (χ0n) is 8.92. The van der Waals surface area contributed by atoms with Gasteiger partial charge in [-0.15, -0.1) is 0 Å². The van der Waals surface area contributed by atoms with E-state index < -0.39 is 0 Å². The van der Waals surface area contributed by atoms with Gasteiger partial charge < -0.3 is 9.73 Å². The molecule has 0 aliphatic carbocycles. The fourth-order valence-corrected chi connectivity index (χ4v) is 1.10. The van der Waals surface area contributed by atoms with E-state index in [0.717, 1.165) is 6.54 Å². The van der Waals surface area contributed by atoms with Gasteiger partial charge >= 0.3 is 0 Å². The van der Waals surface area contributed by atoms with E-state index in [4.69, 9.17) is 4.42 Å². The van der Waals surface area contributed by atoms with E-state index in [-0.39, 0.29) is 0 Å². The van der Waals surface area contributed by atoms with Gasteiger partial charge in [0.05, 0.1) is 12.5 Å². The van der Waals surface area contributed by atoms with Gasteiger partial charge in [0, 0.05) is 18.2 Å². The first kappa shape index (κ1) is 10.3. The summed E-state index contributed by atoms with van der Waals surface area (Å²) < 4.78 is 5.03. The summed E-state index contributed by atoms with van der Waals surface area (Å²) in [5.74, 6) is 0. The van der Waals surface area contributed by atoms with Crippen LogP contribution in [0.2, 0.25) is 0 Å². The Hall–Kier alpha value is -0.760. The summed E-state index contributed by atoms with van der Waals surface area (Å²) in [6.07, 6.45) is 3.50. The van der Waals surface area contributed by atoms with Crippen LogP contribution in [0.4, 0.5) is 0 Å². The Balaban J connectivity index is 2.39. The molecule has 0 radical (unpaired) electrons. The largest absolute Gasteiger partial charge is 0.472 e. The molecule has 0 fully saturated rings. The highest BCUT2D eigenvalue weighted by Gasteiger charge is 2.12. The Labute approximate surface area is 80.3 Å². The molecule has 74 valence electrons. The van der Waals surface area contributed by atoms with Crippen molar-refractivity contribution in [2.45, 2.75) is 33.7 Å². The molecule has 1 N–H and O–H groups in total. The lowest BCUT2D eigenvalue weighted by Crippen LogP contribution is -2.28. The summed E-state index contributed by atoms with van der Waals surface area (Å²) in [4.78, 5) is 0. The average Bonchev–Trinajstić information content (AvgIpc) is 2.50. The summed E-state index contributed by atoms with van der Waals surface area (Å²) in [6.45, 7) is 9.84. The maximum Gasteiger partial charge on any atom is 0.0950 e. The van der Waals surface area contributed by atoms with Crippen LogP contribution in [-0.4, -0.2) is 6.54 Å². The minimum atomic E-state index is 0.331. The minimum absolute atomic E-state index is 0.331. The quantitative estimate of drug-likeness (QED) is 0.775. The van der Waals surface area contributed by atoms with Crippen molar-refractivity contribution in [2.75, 3.05) is 6.54 Å². The minimum Gasteiger partial charge on any atom is -0.472 e. The molecule has 1 rings (SSSR count). The molecule has 0 bridgehead atoms. The summed E-state index contributed by atoms with van der Waals surface area (Å²) in [7, 11) is 0. The highest BCUT2D eigenvalue weighted by molar-refractivity contribution is 5.10. The molecule has 0 aliphatic heterocycles. The van der Waals surface area contributed by atoms with Crippen molar-refractivity contribution >= 4 is 0 Å². The van der Waals surface area contributed by atoms with E-state index in [1.807, 2.05) is 6.07 Å². The van der Waals surface area contributed by atoms with Crippen LogP contribution in [-0.2, 0) is 0 Å². The molecule has 0 saturated heterocycles. The normalized spacial score (nSPS) is 14.5. The number of hydrogen-bond acceptors (Lipinski definition) is 2. The van der Waals surface area contributed by atoms with Crippen LogP contribution in [0.15, 0.2) is 23.0 Å². The third-order valence-corrected chi connectivity index (χ3v) is 1.98. The van der Waals surface area contributed by atoms with E-state index in [2.05, 4.69) is 33.0 Å². The fraction of sp³-hybridized carbons (Fsp3) is 0.636. The van der Waals surface area contributed by atoms with Crippen molar-refractivity contribution in [3.05, 3.63) is 24.2 Å². The number of furan rings is 1. The maximum absolute atomic E-state index is 5.03. The van der Waals surface area contributed by atoms with E-state index >= 15 is 0 Å². The number of nitrogens with one attached hydrogen (secondary N) is 1. The van der Waals surface area contributed by atoms with Crippen molar-refractivity contribution in [1.82, 2.24) is 5.32 Å². The van der Waals surface area contributed by atoms with Gasteiger partial charge in [0.1, 0.15) is 0 Å². The summed E-state index contributed by atoms with van der Waals surface area (Å²) >= 11 is 0. The average molecular weight is 181 g/mol. The Morgan fingerprint density at radius 1 is 1.46 bits per heavy atom. The first-order chi connectivity index (χ1) is 5.99. The zero-order chi connectivity index (χ0) is 9.90. The summed E-state index contributed by atoms with van der Waals surface area (Å²) in [6, 6.07) is 2.37. The molecule has 2 nitrogen and oxygen atoms in total. The van der Waals surface area contributed by atoms with Crippen LogP contribution in [0.5, 0.6) is 0 Å². The molecule has 0 aliphatic rings. The smallest absolute Gasteiger partial charge is 0.0950 e. The SMILES string of the molecule is CC(NCC(C)(C)C)c1ccoc1. The Kier molecular flexibility index (Phi) is 3.15. The molecule has 1 heterocycles. The zero-order valence-corrected chi connectivity index (χ0v) is 8.92. The van der Waals surface area contributed by atoms with Gasteiger partial charge in [-0.25, -0.2) is 0 Å². The van der Waals surface area contributed by atoms with Gasteiger partial charge in [-0.2, -0.15) is 0 Å². The van der Waals surface area contributed by atoms with Crippen molar-refractivity contribution in [3.63, 3.8) is 0 Å². The van der Waals surface area contributed by atoms with Gasteiger partial charge in [0.15, 0.2) is 0 Å².